The van der Waals surface area contributed by atoms with Crippen molar-refractivity contribution in [2.75, 3.05) is 36.4 Å². The molecule has 1 fully saturated rings. The summed E-state index contributed by atoms with van der Waals surface area (Å²) in [4.78, 5) is 40.9. The van der Waals surface area contributed by atoms with Gasteiger partial charge in [-0.3, -0.25) is 4.79 Å². The van der Waals surface area contributed by atoms with Crippen LogP contribution in [0.5, 0.6) is 0 Å². The fourth-order valence-electron chi connectivity index (χ4n) is 3.94. The number of piperazine rings is 1. The van der Waals surface area contributed by atoms with Crippen LogP contribution in [0.25, 0.3) is 0 Å². The average molecular weight is 529 g/mol. The number of ether oxygens (including phenoxy) is 2. The van der Waals surface area contributed by atoms with Crippen molar-refractivity contribution in [3.05, 3.63) is 59.9 Å². The first-order valence-corrected chi connectivity index (χ1v) is 12.7. The monoisotopic (exact) mass is 528 g/mol. The largest absolute Gasteiger partial charge is 0.445 e. The highest BCUT2D eigenvalue weighted by Gasteiger charge is 2.28. The van der Waals surface area contributed by atoms with Crippen molar-refractivity contribution in [2.24, 2.45) is 5.92 Å². The number of amides is 3. The molecule has 2 aromatic rings. The van der Waals surface area contributed by atoms with Crippen molar-refractivity contribution in [1.82, 2.24) is 10.2 Å². The summed E-state index contributed by atoms with van der Waals surface area (Å²) in [5.74, 6) is -1.20. The number of rotatable bonds is 7. The Kier molecular flexibility index (Phi) is 9.55. The predicted octanol–water partition coefficient (Wildman–Crippen LogP) is 4.77. The zero-order chi connectivity index (χ0) is 27.9. The van der Waals surface area contributed by atoms with Crippen LogP contribution >= 0.6 is 0 Å². The highest BCUT2D eigenvalue weighted by Crippen LogP contribution is 2.25. The molecule has 1 aliphatic heterocycles. The molecule has 10 heteroatoms. The minimum Gasteiger partial charge on any atom is -0.445 e. The zero-order valence-corrected chi connectivity index (χ0v) is 22.6. The quantitative estimate of drug-likeness (QED) is 0.537. The van der Waals surface area contributed by atoms with Gasteiger partial charge in [-0.2, -0.15) is 0 Å². The number of hydrogen-bond acceptors (Lipinski definition) is 6. The molecule has 3 rings (SSSR count). The van der Waals surface area contributed by atoms with E-state index in [1.165, 1.54) is 6.07 Å². The van der Waals surface area contributed by atoms with E-state index in [9.17, 15) is 14.4 Å². The minimum atomic E-state index is -0.873. The molecule has 1 saturated heterocycles. The summed E-state index contributed by atoms with van der Waals surface area (Å²) in [5.41, 5.74) is 0.909. The fourth-order valence-corrected chi connectivity index (χ4v) is 3.94. The van der Waals surface area contributed by atoms with Gasteiger partial charge in [-0.15, -0.1) is 0 Å². The Hall–Kier alpha value is -3.82. The molecule has 1 unspecified atom stereocenters. The summed E-state index contributed by atoms with van der Waals surface area (Å²) in [5, 5.41) is 5.27. The van der Waals surface area contributed by atoms with Crippen LogP contribution < -0.4 is 15.5 Å². The van der Waals surface area contributed by atoms with Crippen molar-refractivity contribution < 1.29 is 28.2 Å². The lowest BCUT2D eigenvalue weighted by molar-refractivity contribution is -0.119. The molecule has 0 spiro atoms. The summed E-state index contributed by atoms with van der Waals surface area (Å²) < 4.78 is 25.6. The number of halogens is 1. The molecule has 0 aliphatic carbocycles. The zero-order valence-electron chi connectivity index (χ0n) is 22.6. The minimum absolute atomic E-state index is 0.0812. The second kappa shape index (κ2) is 12.6. The second-order valence-corrected chi connectivity index (χ2v) is 10.5. The molecule has 0 saturated carbocycles. The molecule has 1 heterocycles. The van der Waals surface area contributed by atoms with Gasteiger partial charge in [-0.25, -0.2) is 14.0 Å². The van der Waals surface area contributed by atoms with Crippen LogP contribution in [0.1, 0.15) is 40.2 Å². The van der Waals surface area contributed by atoms with E-state index in [-0.39, 0.29) is 24.3 Å². The van der Waals surface area contributed by atoms with E-state index in [4.69, 9.17) is 9.47 Å². The topological polar surface area (TPSA) is 100 Å². The first-order valence-electron chi connectivity index (χ1n) is 12.7. The molecule has 0 radical (unpaired) electrons. The van der Waals surface area contributed by atoms with Gasteiger partial charge in [0.05, 0.1) is 5.69 Å². The Bertz CT molecular complexity index is 1110. The summed E-state index contributed by atoms with van der Waals surface area (Å²) in [7, 11) is 0. The third kappa shape index (κ3) is 8.36. The fraction of sp³-hybridized carbons (Fsp3) is 0.464. The van der Waals surface area contributed by atoms with E-state index < -0.39 is 29.5 Å². The molecule has 0 aromatic heterocycles. The molecule has 3 amide bonds. The van der Waals surface area contributed by atoms with Crippen molar-refractivity contribution in [3.8, 4) is 0 Å². The average Bonchev–Trinajstić information content (AvgIpc) is 2.85. The number of carbonyl (C=O) groups excluding carboxylic acids is 3. The summed E-state index contributed by atoms with van der Waals surface area (Å²) in [6.07, 6.45) is -1.09. The van der Waals surface area contributed by atoms with Gasteiger partial charge in [0.25, 0.3) is 0 Å². The van der Waals surface area contributed by atoms with Gasteiger partial charge in [0.1, 0.15) is 24.1 Å². The Balaban J connectivity index is 1.55. The molecular weight excluding hydrogens is 491 g/mol. The van der Waals surface area contributed by atoms with Crippen LogP contribution in [-0.2, 0) is 20.9 Å². The predicted molar refractivity (Wildman–Crippen MR) is 143 cm³/mol. The van der Waals surface area contributed by atoms with Crippen LogP contribution in [-0.4, -0.2) is 60.8 Å². The maximum absolute atomic E-state index is 15.0. The maximum Gasteiger partial charge on any atom is 0.410 e. The number of carbonyl (C=O) groups is 3. The van der Waals surface area contributed by atoms with Gasteiger partial charge < -0.3 is 29.9 Å². The lowest BCUT2D eigenvalue weighted by Gasteiger charge is -2.36. The molecule has 2 N–H and O–H groups in total. The third-order valence-electron chi connectivity index (χ3n) is 5.92. The van der Waals surface area contributed by atoms with Gasteiger partial charge in [-0.1, -0.05) is 44.2 Å². The van der Waals surface area contributed by atoms with Crippen LogP contribution in [0.4, 0.5) is 25.4 Å². The van der Waals surface area contributed by atoms with Gasteiger partial charge in [-0.05, 0) is 50.5 Å². The molecule has 38 heavy (non-hydrogen) atoms. The Morgan fingerprint density at radius 1 is 1.00 bits per heavy atom. The third-order valence-corrected chi connectivity index (χ3v) is 5.92. The molecular formula is C28H37FN4O5. The first-order chi connectivity index (χ1) is 17.9. The van der Waals surface area contributed by atoms with E-state index >= 15 is 4.39 Å². The van der Waals surface area contributed by atoms with Crippen LogP contribution in [0.3, 0.4) is 0 Å². The van der Waals surface area contributed by atoms with E-state index in [1.54, 1.807) is 30.9 Å². The number of benzene rings is 2. The highest BCUT2D eigenvalue weighted by molar-refractivity contribution is 5.96. The maximum atomic E-state index is 15.0. The van der Waals surface area contributed by atoms with Gasteiger partial charge in [0, 0.05) is 31.9 Å². The lowest BCUT2D eigenvalue weighted by Crippen LogP contribution is -2.50. The summed E-state index contributed by atoms with van der Waals surface area (Å²) in [6.45, 7) is 10.8. The molecule has 1 aliphatic rings. The van der Waals surface area contributed by atoms with Gasteiger partial charge in [0.2, 0.25) is 5.91 Å². The highest BCUT2D eigenvalue weighted by atomic mass is 19.1. The van der Waals surface area contributed by atoms with Crippen molar-refractivity contribution in [1.29, 1.82) is 0 Å². The first kappa shape index (κ1) is 28.7. The Morgan fingerprint density at radius 3 is 2.24 bits per heavy atom. The Labute approximate surface area is 223 Å². The Morgan fingerprint density at radius 2 is 1.66 bits per heavy atom. The standard InChI is InChI=1S/C28H37FN4O5/c1-19(2)24(31-26(35)37-18-20-9-7-6-8-10-20)25(34)30-21-11-12-23(22(29)17-21)32-13-15-33(16-14-32)27(36)38-28(3,4)5/h6-12,17,19,24H,13-16,18H2,1-5H3,(H,30,34)(H,31,35). The normalized spacial score (nSPS) is 14.6. The van der Waals surface area contributed by atoms with Crippen molar-refractivity contribution in [2.45, 2.75) is 52.9 Å². The molecule has 0 bridgehead atoms. The number of alkyl carbamates (subject to hydrolysis) is 1. The van der Waals surface area contributed by atoms with Gasteiger partial charge >= 0.3 is 12.2 Å². The summed E-state index contributed by atoms with van der Waals surface area (Å²) >= 11 is 0. The second-order valence-electron chi connectivity index (χ2n) is 10.5. The smallest absolute Gasteiger partial charge is 0.410 e. The van der Waals surface area contributed by atoms with Crippen LogP contribution in [0.15, 0.2) is 48.5 Å². The molecule has 206 valence electrons. The summed E-state index contributed by atoms with van der Waals surface area (Å²) in [6, 6.07) is 12.8. The molecule has 9 nitrogen and oxygen atoms in total. The van der Waals surface area contributed by atoms with Gasteiger partial charge in [0.15, 0.2) is 0 Å². The molecule has 1 atom stereocenters. The van der Waals surface area contributed by atoms with E-state index in [0.29, 0.717) is 31.9 Å². The van der Waals surface area contributed by atoms with E-state index in [1.807, 2.05) is 56.0 Å². The van der Waals surface area contributed by atoms with Crippen LogP contribution in [0.2, 0.25) is 0 Å². The van der Waals surface area contributed by atoms with Crippen LogP contribution in [0, 0.1) is 11.7 Å². The van der Waals surface area contributed by atoms with E-state index in [0.717, 1.165) is 5.56 Å². The number of nitrogens with one attached hydrogen (secondary N) is 2. The van der Waals surface area contributed by atoms with Crippen molar-refractivity contribution >= 4 is 29.5 Å². The number of anilines is 2. The number of nitrogens with zero attached hydrogens (tertiary/aromatic N) is 2. The SMILES string of the molecule is CC(C)C(NC(=O)OCc1ccccc1)C(=O)Nc1ccc(N2CCN(C(=O)OC(C)(C)C)CC2)c(F)c1. The van der Waals surface area contributed by atoms with Crippen molar-refractivity contribution in [3.63, 3.8) is 0 Å². The molecule has 2 aromatic carbocycles. The lowest BCUT2D eigenvalue weighted by atomic mass is 10.0. The number of hydrogen-bond donors (Lipinski definition) is 2. The van der Waals surface area contributed by atoms with E-state index in [2.05, 4.69) is 10.6 Å².